The number of rotatable bonds is 5. The quantitative estimate of drug-likeness (QED) is 0.545. The number of carbonyl (C=O) groups excluding carboxylic acids is 1. The summed E-state index contributed by atoms with van der Waals surface area (Å²) in [6.07, 6.45) is -8.54. The number of carbonyl (C=O) groups is 2. The van der Waals surface area contributed by atoms with E-state index in [4.69, 9.17) is 14.6 Å². The minimum Gasteiger partial charge on any atom is -0.479 e. The molecule has 1 heterocycles. The summed E-state index contributed by atoms with van der Waals surface area (Å²) < 4.78 is 10.5. The topological polar surface area (TPSA) is 134 Å². The number of aliphatic carboxylic acids is 1. The number of aliphatic hydroxyl groups is 3. The van der Waals surface area contributed by atoms with Gasteiger partial charge in [-0.3, -0.25) is 4.79 Å². The Kier molecular flexibility index (Phi) is 5.52. The second-order valence-electron chi connectivity index (χ2n) is 6.08. The first-order valence-corrected chi connectivity index (χ1v) is 8.17. The average Bonchev–Trinajstić information content (AvgIpc) is 2.68. The highest BCUT2D eigenvalue weighted by Crippen LogP contribution is 2.25. The van der Waals surface area contributed by atoms with Gasteiger partial charge < -0.3 is 29.9 Å². The Hall–Kier alpha value is -2.78. The summed E-state index contributed by atoms with van der Waals surface area (Å²) in [5, 5.41) is 38.6. The molecule has 2 aromatic rings. The van der Waals surface area contributed by atoms with Crippen molar-refractivity contribution in [2.24, 2.45) is 0 Å². The second-order valence-corrected chi connectivity index (χ2v) is 6.08. The molecule has 8 nitrogen and oxygen atoms in total. The van der Waals surface area contributed by atoms with Gasteiger partial charge in [0.25, 0.3) is 0 Å². The van der Waals surface area contributed by atoms with Gasteiger partial charge >= 0.3 is 5.97 Å². The van der Waals surface area contributed by atoms with E-state index in [0.717, 1.165) is 0 Å². The lowest BCUT2D eigenvalue weighted by molar-refractivity contribution is -0.271. The molecule has 0 aromatic heterocycles. The van der Waals surface area contributed by atoms with Crippen LogP contribution in [0.4, 0.5) is 0 Å². The van der Waals surface area contributed by atoms with E-state index in [2.05, 4.69) is 0 Å². The highest BCUT2D eigenvalue weighted by Gasteiger charge is 2.48. The normalized spacial score (nSPS) is 27.7. The first-order chi connectivity index (χ1) is 12.9. The summed E-state index contributed by atoms with van der Waals surface area (Å²) in [7, 11) is 0. The Balaban J connectivity index is 1.79. The maximum Gasteiger partial charge on any atom is 0.335 e. The zero-order valence-corrected chi connectivity index (χ0v) is 14.0. The fraction of sp³-hybridized carbons (Fsp3) is 0.263. The summed E-state index contributed by atoms with van der Waals surface area (Å²) in [5.74, 6) is -1.62. The molecule has 2 aromatic carbocycles. The molecule has 4 N–H and O–H groups in total. The first kappa shape index (κ1) is 19.0. The van der Waals surface area contributed by atoms with Gasteiger partial charge in [0, 0.05) is 11.1 Å². The molecular formula is C19H18O8. The maximum absolute atomic E-state index is 12.5. The highest BCUT2D eigenvalue weighted by molar-refractivity contribution is 6.09. The lowest BCUT2D eigenvalue weighted by Crippen LogP contribution is -2.61. The van der Waals surface area contributed by atoms with E-state index in [-0.39, 0.29) is 11.5 Å². The molecule has 1 unspecified atom stereocenters. The molecule has 5 atom stereocenters. The van der Waals surface area contributed by atoms with Crippen molar-refractivity contribution in [1.82, 2.24) is 0 Å². The van der Waals surface area contributed by atoms with Gasteiger partial charge in [-0.05, 0) is 12.1 Å². The van der Waals surface area contributed by atoms with Crippen molar-refractivity contribution >= 4 is 11.8 Å². The van der Waals surface area contributed by atoms with E-state index < -0.39 is 36.7 Å². The molecule has 1 aliphatic heterocycles. The standard InChI is InChI=1S/C19H18O8/c20-13(10-5-2-1-3-6-10)11-7-4-8-12(9-11)26-19-16(23)14(21)15(22)17(27-19)18(24)25/h1-9,14-17,19,21-23H,(H,24,25)/t14-,15-,16+,17-,19?/m0/s1. The van der Waals surface area contributed by atoms with E-state index >= 15 is 0 Å². The van der Waals surface area contributed by atoms with Gasteiger partial charge in [0.15, 0.2) is 11.9 Å². The highest BCUT2D eigenvalue weighted by atomic mass is 16.7. The largest absolute Gasteiger partial charge is 0.479 e. The predicted octanol–water partition coefficient (Wildman–Crippen LogP) is 0.189. The maximum atomic E-state index is 12.5. The van der Waals surface area contributed by atoms with Crippen LogP contribution in [0, 0.1) is 0 Å². The molecule has 1 fully saturated rings. The fourth-order valence-corrected chi connectivity index (χ4v) is 2.75. The Labute approximate surface area is 154 Å². The van der Waals surface area contributed by atoms with Crippen LogP contribution in [0.15, 0.2) is 54.6 Å². The van der Waals surface area contributed by atoms with Crippen LogP contribution < -0.4 is 4.74 Å². The SMILES string of the molecule is O=C(c1ccccc1)c1cccc(OC2O[C@H](C(=O)O)[C@@H](O)[C@H](O)[C@H]2O)c1. The Bertz CT molecular complexity index is 821. The van der Waals surface area contributed by atoms with Crippen molar-refractivity contribution in [2.75, 3.05) is 0 Å². The molecule has 0 aliphatic carbocycles. The predicted molar refractivity (Wildman–Crippen MR) is 91.3 cm³/mol. The smallest absolute Gasteiger partial charge is 0.335 e. The van der Waals surface area contributed by atoms with Crippen molar-refractivity contribution in [3.63, 3.8) is 0 Å². The molecule has 0 bridgehead atoms. The number of hydrogen-bond acceptors (Lipinski definition) is 7. The molecule has 142 valence electrons. The van der Waals surface area contributed by atoms with Crippen LogP contribution in [0.3, 0.4) is 0 Å². The minimum atomic E-state index is -1.80. The average molecular weight is 374 g/mol. The molecule has 27 heavy (non-hydrogen) atoms. The second kappa shape index (κ2) is 7.85. The summed E-state index contributed by atoms with van der Waals surface area (Å²) in [6, 6.07) is 14.6. The van der Waals surface area contributed by atoms with E-state index in [0.29, 0.717) is 11.1 Å². The third-order valence-electron chi connectivity index (χ3n) is 4.20. The number of benzene rings is 2. The van der Waals surface area contributed by atoms with Crippen LogP contribution in [0.2, 0.25) is 0 Å². The molecule has 0 spiro atoms. The van der Waals surface area contributed by atoms with Gasteiger partial charge in [0.2, 0.25) is 6.29 Å². The Morgan fingerprint density at radius 2 is 1.52 bits per heavy atom. The summed E-state index contributed by atoms with van der Waals surface area (Å²) in [6.45, 7) is 0. The fourth-order valence-electron chi connectivity index (χ4n) is 2.75. The zero-order valence-electron chi connectivity index (χ0n) is 14.0. The summed E-state index contributed by atoms with van der Waals surface area (Å²) in [5.41, 5.74) is 0.799. The van der Waals surface area contributed by atoms with Crippen LogP contribution in [-0.2, 0) is 9.53 Å². The zero-order chi connectivity index (χ0) is 19.6. The first-order valence-electron chi connectivity index (χ1n) is 8.17. The van der Waals surface area contributed by atoms with Crippen molar-refractivity contribution in [3.05, 3.63) is 65.7 Å². The van der Waals surface area contributed by atoms with Crippen LogP contribution >= 0.6 is 0 Å². The number of carboxylic acid groups (broad SMARTS) is 1. The molecule has 3 rings (SSSR count). The molecular weight excluding hydrogens is 356 g/mol. The molecule has 0 radical (unpaired) electrons. The van der Waals surface area contributed by atoms with Crippen molar-refractivity contribution in [1.29, 1.82) is 0 Å². The molecule has 0 saturated carbocycles. The van der Waals surface area contributed by atoms with Gasteiger partial charge in [0.1, 0.15) is 24.1 Å². The Morgan fingerprint density at radius 1 is 0.852 bits per heavy atom. The van der Waals surface area contributed by atoms with Crippen LogP contribution in [0.1, 0.15) is 15.9 Å². The van der Waals surface area contributed by atoms with Crippen molar-refractivity contribution in [3.8, 4) is 5.75 Å². The summed E-state index contributed by atoms with van der Waals surface area (Å²) >= 11 is 0. The number of ether oxygens (including phenoxy) is 2. The monoisotopic (exact) mass is 374 g/mol. The molecule has 1 saturated heterocycles. The molecule has 1 aliphatic rings. The van der Waals surface area contributed by atoms with Crippen LogP contribution in [0.25, 0.3) is 0 Å². The molecule has 8 heteroatoms. The lowest BCUT2D eigenvalue weighted by Gasteiger charge is -2.38. The van der Waals surface area contributed by atoms with E-state index in [1.54, 1.807) is 42.5 Å². The Morgan fingerprint density at radius 3 is 2.19 bits per heavy atom. The third-order valence-corrected chi connectivity index (χ3v) is 4.20. The third kappa shape index (κ3) is 3.99. The van der Waals surface area contributed by atoms with Crippen LogP contribution in [-0.4, -0.2) is 62.9 Å². The van der Waals surface area contributed by atoms with E-state index in [1.807, 2.05) is 0 Å². The number of carboxylic acids is 1. The lowest BCUT2D eigenvalue weighted by atomic mass is 9.99. The minimum absolute atomic E-state index is 0.133. The van der Waals surface area contributed by atoms with Crippen molar-refractivity contribution < 1.29 is 39.5 Å². The summed E-state index contributed by atoms with van der Waals surface area (Å²) in [4.78, 5) is 23.6. The van der Waals surface area contributed by atoms with Gasteiger partial charge in [-0.2, -0.15) is 0 Å². The van der Waals surface area contributed by atoms with Gasteiger partial charge in [-0.25, -0.2) is 4.79 Å². The van der Waals surface area contributed by atoms with Gasteiger partial charge in [0.05, 0.1) is 0 Å². The molecule has 0 amide bonds. The van der Waals surface area contributed by atoms with Gasteiger partial charge in [-0.15, -0.1) is 0 Å². The number of hydrogen-bond donors (Lipinski definition) is 4. The number of ketones is 1. The number of aliphatic hydroxyl groups excluding tert-OH is 3. The van der Waals surface area contributed by atoms with Crippen LogP contribution in [0.5, 0.6) is 5.75 Å². The van der Waals surface area contributed by atoms with E-state index in [9.17, 15) is 24.9 Å². The van der Waals surface area contributed by atoms with E-state index in [1.165, 1.54) is 12.1 Å². The van der Waals surface area contributed by atoms with Crippen molar-refractivity contribution in [2.45, 2.75) is 30.7 Å². The van der Waals surface area contributed by atoms with Gasteiger partial charge in [-0.1, -0.05) is 42.5 Å².